The molecule has 0 fully saturated rings. The van der Waals surface area contributed by atoms with Crippen LogP contribution in [0.3, 0.4) is 0 Å². The second kappa shape index (κ2) is 7.69. The first kappa shape index (κ1) is 18.8. The summed E-state index contributed by atoms with van der Waals surface area (Å²) >= 11 is 0. The lowest BCUT2D eigenvalue weighted by Gasteiger charge is -2.23. The number of para-hydroxylation sites is 1. The van der Waals surface area contributed by atoms with Crippen LogP contribution in [0, 0.1) is 6.92 Å². The van der Waals surface area contributed by atoms with Crippen molar-refractivity contribution in [3.8, 4) is 5.75 Å². The van der Waals surface area contributed by atoms with Crippen LogP contribution in [-0.4, -0.2) is 35.1 Å². The quantitative estimate of drug-likeness (QED) is 0.648. The van der Waals surface area contributed by atoms with Crippen molar-refractivity contribution >= 4 is 16.8 Å². The number of furan rings is 1. The van der Waals surface area contributed by atoms with E-state index < -0.39 is 25.2 Å². The van der Waals surface area contributed by atoms with E-state index in [1.165, 1.54) is 12.3 Å². The van der Waals surface area contributed by atoms with E-state index in [0.717, 1.165) is 11.1 Å². The molecule has 0 unspecified atom stereocenters. The van der Waals surface area contributed by atoms with Crippen LogP contribution in [0.1, 0.15) is 11.5 Å². The number of nitrogens with zero attached hydrogens (tertiary/aromatic N) is 2. The molecule has 0 N–H and O–H groups in total. The van der Waals surface area contributed by atoms with Gasteiger partial charge in [-0.05, 0) is 31.2 Å². The van der Waals surface area contributed by atoms with Crippen LogP contribution in [0.5, 0.6) is 5.75 Å². The van der Waals surface area contributed by atoms with Crippen LogP contribution in [0.4, 0.5) is 13.2 Å². The van der Waals surface area contributed by atoms with Crippen LogP contribution in [-0.2, 0) is 11.3 Å². The Morgan fingerprint density at radius 1 is 1.19 bits per heavy atom. The normalized spacial score (nSPS) is 11.6. The molecular weight excluding hydrogens is 361 g/mol. The number of hydrogen-bond donors (Lipinski definition) is 0. The van der Waals surface area contributed by atoms with Gasteiger partial charge in [-0.25, -0.2) is 4.98 Å². The highest BCUT2D eigenvalue weighted by Gasteiger charge is 2.33. The summed E-state index contributed by atoms with van der Waals surface area (Å²) in [4.78, 5) is 17.4. The van der Waals surface area contributed by atoms with E-state index >= 15 is 0 Å². The van der Waals surface area contributed by atoms with Gasteiger partial charge in [0.1, 0.15) is 23.6 Å². The van der Waals surface area contributed by atoms with E-state index in [1.54, 1.807) is 18.2 Å². The van der Waals surface area contributed by atoms with Gasteiger partial charge >= 0.3 is 6.18 Å². The van der Waals surface area contributed by atoms with E-state index in [0.29, 0.717) is 16.2 Å². The van der Waals surface area contributed by atoms with Gasteiger partial charge < -0.3 is 14.1 Å². The van der Waals surface area contributed by atoms with Crippen LogP contribution in [0.2, 0.25) is 0 Å². The first-order valence-corrected chi connectivity index (χ1v) is 8.18. The second-order valence-corrected chi connectivity index (χ2v) is 6.01. The zero-order valence-corrected chi connectivity index (χ0v) is 14.5. The molecule has 142 valence electrons. The molecule has 0 spiro atoms. The van der Waals surface area contributed by atoms with Crippen molar-refractivity contribution in [3.05, 3.63) is 60.2 Å². The lowest BCUT2D eigenvalue weighted by Crippen LogP contribution is -2.40. The number of benzene rings is 1. The number of ether oxygens (including phenoxy) is 1. The van der Waals surface area contributed by atoms with Gasteiger partial charge in [-0.3, -0.25) is 4.79 Å². The fourth-order valence-electron chi connectivity index (χ4n) is 2.60. The SMILES string of the molecule is Cc1ccc2cccc(OCC(=O)N(Cc3ccco3)CC(F)(F)F)c2n1. The Labute approximate surface area is 153 Å². The van der Waals surface area contributed by atoms with E-state index in [9.17, 15) is 18.0 Å². The Balaban J connectivity index is 1.74. The topological polar surface area (TPSA) is 55.6 Å². The van der Waals surface area contributed by atoms with Crippen LogP contribution in [0.25, 0.3) is 10.9 Å². The fraction of sp³-hybridized carbons (Fsp3) is 0.263. The maximum atomic E-state index is 12.8. The molecule has 1 amide bonds. The fourth-order valence-corrected chi connectivity index (χ4v) is 2.60. The van der Waals surface area contributed by atoms with Crippen LogP contribution < -0.4 is 4.74 Å². The van der Waals surface area contributed by atoms with Crippen molar-refractivity contribution in [2.24, 2.45) is 0 Å². The number of rotatable bonds is 6. The number of fused-ring (bicyclic) bond motifs is 1. The molecule has 2 heterocycles. The first-order valence-electron chi connectivity index (χ1n) is 8.18. The molecule has 8 heteroatoms. The number of amides is 1. The Hall–Kier alpha value is -3.03. The average molecular weight is 378 g/mol. The number of carbonyl (C=O) groups is 1. The summed E-state index contributed by atoms with van der Waals surface area (Å²) < 4.78 is 49.1. The first-order chi connectivity index (χ1) is 12.8. The van der Waals surface area contributed by atoms with Gasteiger partial charge in [-0.15, -0.1) is 0 Å². The number of halogens is 3. The van der Waals surface area contributed by atoms with E-state index in [4.69, 9.17) is 9.15 Å². The minimum absolute atomic E-state index is 0.259. The summed E-state index contributed by atoms with van der Waals surface area (Å²) in [6, 6.07) is 12.0. The van der Waals surface area contributed by atoms with Crippen molar-refractivity contribution in [1.82, 2.24) is 9.88 Å². The predicted molar refractivity (Wildman–Crippen MR) is 92.2 cm³/mol. The smallest absolute Gasteiger partial charge is 0.406 e. The molecule has 0 bridgehead atoms. The maximum Gasteiger partial charge on any atom is 0.406 e. The summed E-state index contributed by atoms with van der Waals surface area (Å²) in [5.74, 6) is -0.196. The number of hydrogen-bond acceptors (Lipinski definition) is 4. The van der Waals surface area contributed by atoms with Crippen LogP contribution >= 0.6 is 0 Å². The summed E-state index contributed by atoms with van der Waals surface area (Å²) in [7, 11) is 0. The van der Waals surface area contributed by atoms with E-state index in [-0.39, 0.29) is 12.3 Å². The molecule has 0 aliphatic carbocycles. The predicted octanol–water partition coefficient (Wildman–Crippen LogP) is 4.11. The summed E-state index contributed by atoms with van der Waals surface area (Å²) in [6.45, 7) is -0.397. The molecule has 0 radical (unpaired) electrons. The second-order valence-electron chi connectivity index (χ2n) is 6.01. The lowest BCUT2D eigenvalue weighted by atomic mass is 10.2. The monoisotopic (exact) mass is 378 g/mol. The average Bonchev–Trinajstić information content (AvgIpc) is 3.11. The van der Waals surface area contributed by atoms with Gasteiger partial charge in [0.25, 0.3) is 5.91 Å². The van der Waals surface area contributed by atoms with Crippen molar-refractivity contribution in [3.63, 3.8) is 0 Å². The number of alkyl halides is 3. The Kier molecular flexibility index (Phi) is 5.34. The molecule has 0 atom stereocenters. The highest BCUT2D eigenvalue weighted by Crippen LogP contribution is 2.24. The molecule has 27 heavy (non-hydrogen) atoms. The third kappa shape index (κ3) is 4.99. The van der Waals surface area contributed by atoms with E-state index in [2.05, 4.69) is 4.98 Å². The number of aromatic nitrogens is 1. The number of aryl methyl sites for hydroxylation is 1. The van der Waals surface area contributed by atoms with Crippen LogP contribution in [0.15, 0.2) is 53.1 Å². The Bertz CT molecular complexity index is 924. The molecule has 0 aliphatic heterocycles. The molecule has 3 rings (SSSR count). The molecule has 1 aromatic carbocycles. The maximum absolute atomic E-state index is 12.8. The third-order valence-corrected chi connectivity index (χ3v) is 3.82. The van der Waals surface area contributed by atoms with Gasteiger partial charge in [0, 0.05) is 11.1 Å². The van der Waals surface area contributed by atoms with Crippen molar-refractivity contribution in [2.75, 3.05) is 13.2 Å². The van der Waals surface area contributed by atoms with Gasteiger partial charge in [-0.1, -0.05) is 18.2 Å². The van der Waals surface area contributed by atoms with Gasteiger partial charge in [0.2, 0.25) is 0 Å². The van der Waals surface area contributed by atoms with Crippen molar-refractivity contribution in [2.45, 2.75) is 19.6 Å². The minimum atomic E-state index is -4.53. The summed E-state index contributed by atoms with van der Waals surface area (Å²) in [5, 5.41) is 0.813. The number of pyridine rings is 1. The molecule has 0 saturated carbocycles. The highest BCUT2D eigenvalue weighted by atomic mass is 19.4. The Morgan fingerprint density at radius 2 is 2.00 bits per heavy atom. The largest absolute Gasteiger partial charge is 0.481 e. The number of carbonyl (C=O) groups excluding carboxylic acids is 1. The molecule has 2 aromatic heterocycles. The van der Waals surface area contributed by atoms with Gasteiger partial charge in [0.15, 0.2) is 6.61 Å². The minimum Gasteiger partial charge on any atom is -0.481 e. The van der Waals surface area contributed by atoms with Crippen molar-refractivity contribution in [1.29, 1.82) is 0 Å². The zero-order valence-electron chi connectivity index (χ0n) is 14.5. The Morgan fingerprint density at radius 3 is 2.70 bits per heavy atom. The third-order valence-electron chi connectivity index (χ3n) is 3.82. The summed E-state index contributed by atoms with van der Waals surface area (Å²) in [6.07, 6.45) is -3.19. The van der Waals surface area contributed by atoms with E-state index in [1.807, 2.05) is 25.1 Å². The molecule has 0 saturated heterocycles. The van der Waals surface area contributed by atoms with Gasteiger partial charge in [-0.2, -0.15) is 13.2 Å². The molecule has 5 nitrogen and oxygen atoms in total. The molecule has 0 aliphatic rings. The standard InChI is InChI=1S/C19H17F3N2O3/c1-13-7-8-14-4-2-6-16(18(14)23-13)27-11-17(25)24(12-19(20,21)22)10-15-5-3-9-26-15/h2-9H,10-12H2,1H3. The van der Waals surface area contributed by atoms with Gasteiger partial charge in [0.05, 0.1) is 12.8 Å². The molecule has 3 aromatic rings. The van der Waals surface area contributed by atoms with Crippen molar-refractivity contribution < 1.29 is 27.1 Å². The summed E-state index contributed by atoms with van der Waals surface area (Å²) in [5.41, 5.74) is 1.32. The zero-order chi connectivity index (χ0) is 19.4. The molecular formula is C19H17F3N2O3. The highest BCUT2D eigenvalue weighted by molar-refractivity contribution is 5.85. The lowest BCUT2D eigenvalue weighted by molar-refractivity contribution is -0.164.